The van der Waals surface area contributed by atoms with Gasteiger partial charge in [-0.3, -0.25) is 9.78 Å². The van der Waals surface area contributed by atoms with Crippen LogP contribution in [0.2, 0.25) is 5.02 Å². The van der Waals surface area contributed by atoms with Crippen LogP contribution < -0.4 is 10.6 Å². The third-order valence-electron chi connectivity index (χ3n) is 3.72. The van der Waals surface area contributed by atoms with Gasteiger partial charge in [-0.15, -0.1) is 0 Å². The number of nitrogens with one attached hydrogen (secondary N) is 2. The number of carbonyl (C=O) groups excluding carboxylic acids is 1. The van der Waals surface area contributed by atoms with Crippen LogP contribution in [0.4, 0.5) is 25.8 Å². The fourth-order valence-corrected chi connectivity index (χ4v) is 2.48. The van der Waals surface area contributed by atoms with Crippen molar-refractivity contribution in [2.24, 2.45) is 0 Å². The lowest BCUT2D eigenvalue weighted by atomic mass is 10.2. The van der Waals surface area contributed by atoms with Crippen molar-refractivity contribution in [2.75, 3.05) is 10.6 Å². The summed E-state index contributed by atoms with van der Waals surface area (Å²) in [7, 11) is 0. The van der Waals surface area contributed by atoms with Crippen LogP contribution in [0.5, 0.6) is 0 Å². The van der Waals surface area contributed by atoms with E-state index < -0.39 is 17.5 Å². The van der Waals surface area contributed by atoms with Gasteiger partial charge in [-0.05, 0) is 42.8 Å². The maximum Gasteiger partial charge on any atom is 0.257 e. The lowest BCUT2D eigenvalue weighted by molar-refractivity contribution is 0.102. The second-order valence-electron chi connectivity index (χ2n) is 5.58. The van der Waals surface area contributed by atoms with Crippen molar-refractivity contribution in [3.8, 4) is 0 Å². The monoisotopic (exact) mass is 373 g/mol. The van der Waals surface area contributed by atoms with Gasteiger partial charge in [0.2, 0.25) is 0 Å². The zero-order chi connectivity index (χ0) is 18.7. The summed E-state index contributed by atoms with van der Waals surface area (Å²) in [5.74, 6) is -2.50. The molecule has 0 atom stereocenters. The van der Waals surface area contributed by atoms with E-state index in [1.807, 2.05) is 19.1 Å². The minimum Gasteiger partial charge on any atom is -0.354 e. The molecular weight excluding hydrogens is 360 g/mol. The average Bonchev–Trinajstić information content (AvgIpc) is 2.62. The number of benzene rings is 2. The van der Waals surface area contributed by atoms with Gasteiger partial charge in [0.05, 0.1) is 17.4 Å². The molecule has 132 valence electrons. The predicted molar refractivity (Wildman–Crippen MR) is 98.0 cm³/mol. The first-order chi connectivity index (χ1) is 12.4. The van der Waals surface area contributed by atoms with Crippen LogP contribution in [-0.4, -0.2) is 10.9 Å². The largest absolute Gasteiger partial charge is 0.354 e. The van der Waals surface area contributed by atoms with E-state index in [0.29, 0.717) is 10.7 Å². The number of carbonyl (C=O) groups is 1. The van der Waals surface area contributed by atoms with Crippen LogP contribution in [0, 0.1) is 18.6 Å². The summed E-state index contributed by atoms with van der Waals surface area (Å²) in [6.45, 7) is 1.87. The van der Waals surface area contributed by atoms with E-state index in [0.717, 1.165) is 23.4 Å². The van der Waals surface area contributed by atoms with Crippen LogP contribution in [0.3, 0.4) is 0 Å². The number of halogens is 3. The molecule has 0 fully saturated rings. The van der Waals surface area contributed by atoms with Crippen LogP contribution >= 0.6 is 11.6 Å². The molecule has 1 aromatic heterocycles. The minimum absolute atomic E-state index is 0.151. The van der Waals surface area contributed by atoms with E-state index in [1.54, 1.807) is 18.3 Å². The standard InChI is InChI=1S/C19H14ClF2N3O/c1-11-15(20)3-2-4-18(11)24-14-7-12(9-23-10-14)19(26)25-13-5-6-16(21)17(22)8-13/h2-10,24H,1H3,(H,25,26). The maximum atomic E-state index is 13.2. The normalized spacial score (nSPS) is 10.5. The van der Waals surface area contributed by atoms with Crippen LogP contribution in [0.25, 0.3) is 0 Å². The van der Waals surface area contributed by atoms with Gasteiger partial charge in [0, 0.05) is 28.7 Å². The predicted octanol–water partition coefficient (Wildman–Crippen LogP) is 5.32. The summed E-state index contributed by atoms with van der Waals surface area (Å²) in [6, 6.07) is 10.2. The van der Waals surface area contributed by atoms with Crippen molar-refractivity contribution in [2.45, 2.75) is 6.92 Å². The number of nitrogens with zero attached hydrogens (tertiary/aromatic N) is 1. The van der Waals surface area contributed by atoms with Gasteiger partial charge in [-0.1, -0.05) is 17.7 Å². The third-order valence-corrected chi connectivity index (χ3v) is 4.13. The van der Waals surface area contributed by atoms with Crippen LogP contribution in [0.1, 0.15) is 15.9 Å². The molecule has 3 rings (SSSR count). The number of aromatic nitrogens is 1. The molecule has 0 radical (unpaired) electrons. The lowest BCUT2D eigenvalue weighted by Crippen LogP contribution is -2.13. The van der Waals surface area contributed by atoms with Gasteiger partial charge in [0.15, 0.2) is 11.6 Å². The van der Waals surface area contributed by atoms with Crippen molar-refractivity contribution < 1.29 is 13.6 Å². The van der Waals surface area contributed by atoms with E-state index in [2.05, 4.69) is 15.6 Å². The van der Waals surface area contributed by atoms with Gasteiger partial charge >= 0.3 is 0 Å². The second-order valence-corrected chi connectivity index (χ2v) is 5.99. The lowest BCUT2D eigenvalue weighted by Gasteiger charge is -2.11. The Morgan fingerprint density at radius 3 is 2.62 bits per heavy atom. The highest BCUT2D eigenvalue weighted by Gasteiger charge is 2.10. The summed E-state index contributed by atoms with van der Waals surface area (Å²) in [6.07, 6.45) is 2.94. The first kappa shape index (κ1) is 17.8. The van der Waals surface area contributed by atoms with E-state index in [1.165, 1.54) is 12.3 Å². The Hall–Kier alpha value is -2.99. The molecule has 1 heterocycles. The molecule has 0 saturated heterocycles. The van der Waals surface area contributed by atoms with Crippen LogP contribution in [0.15, 0.2) is 54.9 Å². The molecule has 4 nitrogen and oxygen atoms in total. The van der Waals surface area contributed by atoms with E-state index in [9.17, 15) is 13.6 Å². The smallest absolute Gasteiger partial charge is 0.257 e. The summed E-state index contributed by atoms with van der Waals surface area (Å²) in [4.78, 5) is 16.4. The summed E-state index contributed by atoms with van der Waals surface area (Å²) >= 11 is 6.10. The van der Waals surface area contributed by atoms with Gasteiger partial charge in [-0.2, -0.15) is 0 Å². The first-order valence-corrected chi connectivity index (χ1v) is 8.05. The second kappa shape index (κ2) is 7.49. The van der Waals surface area contributed by atoms with E-state index >= 15 is 0 Å². The quantitative estimate of drug-likeness (QED) is 0.651. The van der Waals surface area contributed by atoms with Gasteiger partial charge < -0.3 is 10.6 Å². The van der Waals surface area contributed by atoms with E-state index in [4.69, 9.17) is 11.6 Å². The Labute approximate surface area is 153 Å². The van der Waals surface area contributed by atoms with E-state index in [-0.39, 0.29) is 11.3 Å². The van der Waals surface area contributed by atoms with Crippen LogP contribution in [-0.2, 0) is 0 Å². The first-order valence-electron chi connectivity index (χ1n) is 7.67. The molecule has 7 heteroatoms. The molecule has 0 bridgehead atoms. The molecule has 0 unspecified atom stereocenters. The maximum absolute atomic E-state index is 13.2. The number of hydrogen-bond donors (Lipinski definition) is 2. The minimum atomic E-state index is -1.03. The Balaban J connectivity index is 1.79. The Bertz CT molecular complexity index is 979. The molecular formula is C19H14ClF2N3O. The Kier molecular flexibility index (Phi) is 5.14. The molecule has 0 spiro atoms. The van der Waals surface area contributed by atoms with Crippen molar-refractivity contribution >= 4 is 34.6 Å². The zero-order valence-electron chi connectivity index (χ0n) is 13.7. The SMILES string of the molecule is Cc1c(Cl)cccc1Nc1cncc(C(=O)Nc2ccc(F)c(F)c2)c1. The number of amides is 1. The highest BCUT2D eigenvalue weighted by atomic mass is 35.5. The fraction of sp³-hybridized carbons (Fsp3) is 0.0526. The average molecular weight is 374 g/mol. The van der Waals surface area contributed by atoms with Gasteiger partial charge in [0.25, 0.3) is 5.91 Å². The Morgan fingerprint density at radius 2 is 1.85 bits per heavy atom. The molecule has 3 aromatic rings. The fourth-order valence-electron chi connectivity index (χ4n) is 2.31. The molecule has 0 aliphatic carbocycles. The van der Waals surface area contributed by atoms with Crippen molar-refractivity contribution in [3.63, 3.8) is 0 Å². The number of pyridine rings is 1. The number of rotatable bonds is 4. The molecule has 2 N–H and O–H groups in total. The van der Waals surface area contributed by atoms with Crippen molar-refractivity contribution in [1.82, 2.24) is 4.98 Å². The molecule has 1 amide bonds. The molecule has 0 aliphatic rings. The van der Waals surface area contributed by atoms with Crippen molar-refractivity contribution in [3.05, 3.63) is 82.6 Å². The third kappa shape index (κ3) is 3.97. The van der Waals surface area contributed by atoms with Gasteiger partial charge in [-0.25, -0.2) is 8.78 Å². The van der Waals surface area contributed by atoms with Crippen molar-refractivity contribution in [1.29, 1.82) is 0 Å². The highest BCUT2D eigenvalue weighted by molar-refractivity contribution is 6.31. The molecule has 0 aliphatic heterocycles. The summed E-state index contributed by atoms with van der Waals surface area (Å²) in [5, 5.41) is 6.28. The topological polar surface area (TPSA) is 54.0 Å². The Morgan fingerprint density at radius 1 is 1.04 bits per heavy atom. The highest BCUT2D eigenvalue weighted by Crippen LogP contribution is 2.26. The molecule has 2 aromatic carbocycles. The zero-order valence-corrected chi connectivity index (χ0v) is 14.4. The summed E-state index contributed by atoms with van der Waals surface area (Å²) in [5.41, 5.74) is 2.66. The molecule has 26 heavy (non-hydrogen) atoms. The number of hydrogen-bond acceptors (Lipinski definition) is 3. The van der Waals surface area contributed by atoms with Gasteiger partial charge in [0.1, 0.15) is 0 Å². The number of anilines is 3. The summed E-state index contributed by atoms with van der Waals surface area (Å²) < 4.78 is 26.2. The molecule has 0 saturated carbocycles.